The average molecular weight is 441 g/mol. The monoisotopic (exact) mass is 440 g/mol. The highest BCUT2D eigenvalue weighted by atomic mass is 16.2. The normalized spacial score (nSPS) is 11.4. The molecule has 0 saturated heterocycles. The predicted octanol–water partition coefficient (Wildman–Crippen LogP) is 3.68. The van der Waals surface area contributed by atoms with Crippen LogP contribution < -0.4 is 11.0 Å². The van der Waals surface area contributed by atoms with E-state index < -0.39 is 0 Å². The van der Waals surface area contributed by atoms with E-state index in [4.69, 9.17) is 0 Å². The third-order valence-corrected chi connectivity index (χ3v) is 5.77. The van der Waals surface area contributed by atoms with Gasteiger partial charge in [0.15, 0.2) is 5.65 Å². The van der Waals surface area contributed by atoms with Gasteiger partial charge in [0.05, 0.1) is 5.69 Å². The van der Waals surface area contributed by atoms with Crippen LogP contribution in [-0.4, -0.2) is 29.7 Å². The molecular weight excluding hydrogens is 416 g/mol. The Kier molecular flexibility index (Phi) is 4.85. The summed E-state index contributed by atoms with van der Waals surface area (Å²) in [6.45, 7) is 7.78. The molecule has 0 unspecified atom stereocenters. The first-order valence-electron chi connectivity index (χ1n) is 10.7. The van der Waals surface area contributed by atoms with Crippen LogP contribution in [0.5, 0.6) is 0 Å². The molecule has 1 N–H and O–H groups in total. The molecule has 3 aromatic heterocycles. The molecule has 0 fully saturated rings. The van der Waals surface area contributed by atoms with Crippen LogP contribution in [0, 0.1) is 27.7 Å². The highest BCUT2D eigenvalue weighted by molar-refractivity contribution is 5.92. The summed E-state index contributed by atoms with van der Waals surface area (Å²) in [6, 6.07) is 14.0. The minimum absolute atomic E-state index is 0.182. The van der Waals surface area contributed by atoms with Crippen LogP contribution in [-0.2, 0) is 11.3 Å². The van der Waals surface area contributed by atoms with Crippen molar-refractivity contribution in [3.8, 4) is 11.3 Å². The molecular formula is C25H24N6O2. The summed E-state index contributed by atoms with van der Waals surface area (Å²) in [5.41, 5.74) is 7.56. The first kappa shape index (κ1) is 20.7. The summed E-state index contributed by atoms with van der Waals surface area (Å²) < 4.78 is 4.31. The second-order valence-electron chi connectivity index (χ2n) is 8.48. The van der Waals surface area contributed by atoms with Crippen molar-refractivity contribution in [3.63, 3.8) is 0 Å². The van der Waals surface area contributed by atoms with E-state index in [9.17, 15) is 9.59 Å². The summed E-state index contributed by atoms with van der Waals surface area (Å²) in [5, 5.41) is 12.0. The quantitative estimate of drug-likeness (QED) is 0.462. The number of benzene rings is 2. The lowest BCUT2D eigenvalue weighted by Gasteiger charge is -2.12. The van der Waals surface area contributed by atoms with Crippen molar-refractivity contribution in [2.75, 3.05) is 5.32 Å². The Balaban J connectivity index is 1.49. The molecule has 3 heterocycles. The molecule has 166 valence electrons. The Bertz CT molecular complexity index is 1560. The number of amides is 1. The molecule has 5 aromatic rings. The molecule has 5 rings (SSSR count). The van der Waals surface area contributed by atoms with Crippen molar-refractivity contribution in [2.24, 2.45) is 0 Å². The second-order valence-corrected chi connectivity index (χ2v) is 8.48. The number of hydrogen-bond donors (Lipinski definition) is 1. The molecule has 0 radical (unpaired) electrons. The molecule has 0 saturated carbocycles. The zero-order valence-corrected chi connectivity index (χ0v) is 19.0. The SMILES string of the molecule is Cc1ccc(-c2cc3c4nn(CC(=O)Nc5c(C)cc(C)cc5C)c(=O)n4ccn3n2)cc1. The summed E-state index contributed by atoms with van der Waals surface area (Å²) >= 11 is 0. The number of fused-ring (bicyclic) bond motifs is 3. The summed E-state index contributed by atoms with van der Waals surface area (Å²) in [4.78, 5) is 25.6. The van der Waals surface area contributed by atoms with Gasteiger partial charge < -0.3 is 5.32 Å². The first-order valence-corrected chi connectivity index (χ1v) is 10.7. The number of aryl methyl sites for hydroxylation is 4. The molecule has 0 atom stereocenters. The highest BCUT2D eigenvalue weighted by Gasteiger charge is 2.16. The molecule has 0 aliphatic rings. The van der Waals surface area contributed by atoms with Crippen LogP contribution in [0.3, 0.4) is 0 Å². The van der Waals surface area contributed by atoms with Crippen molar-refractivity contribution in [3.05, 3.63) is 87.6 Å². The molecule has 0 bridgehead atoms. The average Bonchev–Trinajstić information content (AvgIpc) is 3.33. The Hall–Kier alpha value is -4.20. The largest absolute Gasteiger partial charge is 0.350 e. The van der Waals surface area contributed by atoms with E-state index in [0.717, 1.165) is 33.6 Å². The molecule has 33 heavy (non-hydrogen) atoms. The summed E-state index contributed by atoms with van der Waals surface area (Å²) in [5.74, 6) is -0.305. The lowest BCUT2D eigenvalue weighted by Crippen LogP contribution is -2.28. The van der Waals surface area contributed by atoms with E-state index in [-0.39, 0.29) is 18.1 Å². The standard InChI is InChI=1S/C25H24N6O2/c1-15-5-7-19(8-6-15)20-13-21-24-28-31(25(33)29(24)9-10-30(21)27-20)14-22(32)26-23-17(3)11-16(2)12-18(23)4/h5-13H,14H2,1-4H3,(H,26,32). The van der Waals surface area contributed by atoms with E-state index in [1.165, 1.54) is 14.6 Å². The van der Waals surface area contributed by atoms with Crippen molar-refractivity contribution >= 4 is 22.8 Å². The smallest absolute Gasteiger partial charge is 0.324 e. The van der Waals surface area contributed by atoms with Crippen molar-refractivity contribution in [1.82, 2.24) is 23.8 Å². The maximum atomic E-state index is 12.9. The molecule has 8 heteroatoms. The number of anilines is 1. The van der Waals surface area contributed by atoms with Crippen LogP contribution in [0.4, 0.5) is 5.69 Å². The van der Waals surface area contributed by atoms with Crippen LogP contribution >= 0.6 is 0 Å². The van der Waals surface area contributed by atoms with Gasteiger partial charge in [0.2, 0.25) is 5.91 Å². The predicted molar refractivity (Wildman–Crippen MR) is 128 cm³/mol. The Morgan fingerprint density at radius 1 is 0.909 bits per heavy atom. The van der Waals surface area contributed by atoms with Gasteiger partial charge in [-0.25, -0.2) is 18.4 Å². The third kappa shape index (κ3) is 3.69. The van der Waals surface area contributed by atoms with Gasteiger partial charge in [-0.15, -0.1) is 5.10 Å². The van der Waals surface area contributed by atoms with Crippen molar-refractivity contribution in [1.29, 1.82) is 0 Å². The Morgan fingerprint density at radius 3 is 2.30 bits per heavy atom. The number of carbonyl (C=O) groups is 1. The molecule has 0 aliphatic heterocycles. The van der Waals surface area contributed by atoms with E-state index in [1.54, 1.807) is 16.9 Å². The van der Waals surface area contributed by atoms with E-state index >= 15 is 0 Å². The van der Waals surface area contributed by atoms with E-state index in [0.29, 0.717) is 11.2 Å². The summed E-state index contributed by atoms with van der Waals surface area (Å²) in [7, 11) is 0. The number of rotatable bonds is 4. The van der Waals surface area contributed by atoms with Crippen molar-refractivity contribution in [2.45, 2.75) is 34.2 Å². The van der Waals surface area contributed by atoms with Gasteiger partial charge in [-0.1, -0.05) is 47.5 Å². The van der Waals surface area contributed by atoms with Gasteiger partial charge in [0, 0.05) is 23.6 Å². The van der Waals surface area contributed by atoms with Crippen LogP contribution in [0.25, 0.3) is 22.4 Å². The van der Waals surface area contributed by atoms with Crippen molar-refractivity contribution < 1.29 is 4.79 Å². The minimum Gasteiger partial charge on any atom is -0.324 e. The fourth-order valence-electron chi connectivity index (χ4n) is 4.19. The minimum atomic E-state index is -0.377. The number of carbonyl (C=O) groups excluding carboxylic acids is 1. The maximum Gasteiger partial charge on any atom is 0.350 e. The lowest BCUT2D eigenvalue weighted by molar-refractivity contribution is -0.117. The van der Waals surface area contributed by atoms with Crippen LogP contribution in [0.15, 0.2) is 59.7 Å². The van der Waals surface area contributed by atoms with Gasteiger partial charge in [-0.2, -0.15) is 5.10 Å². The summed E-state index contributed by atoms with van der Waals surface area (Å²) in [6.07, 6.45) is 3.33. The zero-order valence-electron chi connectivity index (χ0n) is 19.0. The van der Waals surface area contributed by atoms with E-state index in [2.05, 4.69) is 15.5 Å². The van der Waals surface area contributed by atoms with Gasteiger partial charge in [0.1, 0.15) is 12.1 Å². The number of nitrogens with zero attached hydrogens (tertiary/aromatic N) is 5. The highest BCUT2D eigenvalue weighted by Crippen LogP contribution is 2.23. The maximum absolute atomic E-state index is 12.9. The van der Waals surface area contributed by atoms with Gasteiger partial charge >= 0.3 is 5.69 Å². The van der Waals surface area contributed by atoms with E-state index in [1.807, 2.05) is 70.2 Å². The van der Waals surface area contributed by atoms with Crippen LogP contribution in [0.2, 0.25) is 0 Å². The fourth-order valence-corrected chi connectivity index (χ4v) is 4.19. The Morgan fingerprint density at radius 2 is 1.61 bits per heavy atom. The first-order chi connectivity index (χ1) is 15.8. The Labute approximate surface area is 190 Å². The third-order valence-electron chi connectivity index (χ3n) is 5.77. The number of aromatic nitrogens is 5. The van der Waals surface area contributed by atoms with Gasteiger partial charge in [0.25, 0.3) is 0 Å². The van der Waals surface area contributed by atoms with Gasteiger partial charge in [-0.3, -0.25) is 4.79 Å². The second kappa shape index (κ2) is 7.74. The molecule has 0 spiro atoms. The topological polar surface area (TPSA) is 85.7 Å². The lowest BCUT2D eigenvalue weighted by atomic mass is 10.1. The molecule has 0 aliphatic carbocycles. The molecule has 1 amide bonds. The number of nitrogens with one attached hydrogen (secondary N) is 1. The molecule has 2 aromatic carbocycles. The zero-order chi connectivity index (χ0) is 23.3. The number of hydrogen-bond acceptors (Lipinski definition) is 4. The van der Waals surface area contributed by atoms with Gasteiger partial charge in [-0.05, 0) is 44.9 Å². The molecule has 8 nitrogen and oxygen atoms in total. The van der Waals surface area contributed by atoms with Crippen LogP contribution in [0.1, 0.15) is 22.3 Å². The fraction of sp³-hybridized carbons (Fsp3) is 0.200.